The summed E-state index contributed by atoms with van der Waals surface area (Å²) in [6, 6.07) is 0. The SMILES string of the molecule is C=CC[S@@](=O)[C@]1(O)CO[C@@H]2[C@H](O)CO[C@@H]21. The number of hydrogen-bond acceptors (Lipinski definition) is 5. The van der Waals surface area contributed by atoms with Crippen LogP contribution in [0.15, 0.2) is 12.7 Å². The lowest BCUT2D eigenvalue weighted by atomic mass is 10.1. The molecule has 2 heterocycles. The molecule has 0 saturated carbocycles. The molecule has 2 aliphatic heterocycles. The second kappa shape index (κ2) is 3.95. The van der Waals surface area contributed by atoms with Gasteiger partial charge in [-0.25, -0.2) is 0 Å². The van der Waals surface area contributed by atoms with E-state index in [4.69, 9.17) is 9.47 Å². The molecular weight excluding hydrogens is 220 g/mol. The number of fused-ring (bicyclic) bond motifs is 1. The maximum Gasteiger partial charge on any atom is 0.192 e. The van der Waals surface area contributed by atoms with Crippen molar-refractivity contribution in [3.8, 4) is 0 Å². The molecular formula is C9H14O5S. The lowest BCUT2D eigenvalue weighted by molar-refractivity contribution is -0.0164. The second-order valence-corrected chi connectivity index (χ2v) is 5.47. The van der Waals surface area contributed by atoms with Crippen molar-refractivity contribution in [2.24, 2.45) is 0 Å². The molecule has 2 N–H and O–H groups in total. The Balaban J connectivity index is 2.16. The van der Waals surface area contributed by atoms with Crippen molar-refractivity contribution < 1.29 is 23.9 Å². The van der Waals surface area contributed by atoms with Gasteiger partial charge in [0.15, 0.2) is 4.93 Å². The predicted octanol–water partition coefficient (Wildman–Crippen LogP) is -1.23. The van der Waals surface area contributed by atoms with E-state index in [-0.39, 0.29) is 19.0 Å². The molecule has 2 rings (SSSR count). The molecule has 0 unspecified atom stereocenters. The Kier molecular flexibility index (Phi) is 2.96. The first-order valence-corrected chi connectivity index (χ1v) is 6.04. The molecule has 86 valence electrons. The number of aliphatic hydroxyl groups excluding tert-OH is 1. The first-order valence-electron chi connectivity index (χ1n) is 4.72. The van der Waals surface area contributed by atoms with Gasteiger partial charge in [-0.15, -0.1) is 6.58 Å². The highest BCUT2D eigenvalue weighted by Crippen LogP contribution is 2.36. The first-order chi connectivity index (χ1) is 7.09. The normalized spacial score (nSPS) is 46.4. The minimum absolute atomic E-state index is 0.0696. The van der Waals surface area contributed by atoms with Gasteiger partial charge in [-0.05, 0) is 0 Å². The molecule has 6 heteroatoms. The minimum atomic E-state index is -1.52. The fraction of sp³-hybridized carbons (Fsp3) is 0.778. The molecule has 5 nitrogen and oxygen atoms in total. The van der Waals surface area contributed by atoms with E-state index < -0.39 is 34.0 Å². The summed E-state index contributed by atoms with van der Waals surface area (Å²) < 4.78 is 22.2. The Morgan fingerprint density at radius 3 is 3.00 bits per heavy atom. The third kappa shape index (κ3) is 1.66. The van der Waals surface area contributed by atoms with E-state index in [9.17, 15) is 14.4 Å². The average Bonchev–Trinajstić information content (AvgIpc) is 2.72. The summed E-state index contributed by atoms with van der Waals surface area (Å²) in [4.78, 5) is -1.52. The van der Waals surface area contributed by atoms with Gasteiger partial charge in [0.05, 0.1) is 24.0 Å². The van der Waals surface area contributed by atoms with Crippen LogP contribution in [0.5, 0.6) is 0 Å². The summed E-state index contributed by atoms with van der Waals surface area (Å²) in [5, 5.41) is 19.6. The van der Waals surface area contributed by atoms with Crippen LogP contribution in [0.2, 0.25) is 0 Å². The van der Waals surface area contributed by atoms with Gasteiger partial charge >= 0.3 is 0 Å². The summed E-state index contributed by atoms with van der Waals surface area (Å²) in [5.74, 6) is 0.183. The smallest absolute Gasteiger partial charge is 0.192 e. The van der Waals surface area contributed by atoms with Crippen LogP contribution in [0.1, 0.15) is 0 Å². The van der Waals surface area contributed by atoms with Gasteiger partial charge in [0.25, 0.3) is 0 Å². The molecule has 0 bridgehead atoms. The van der Waals surface area contributed by atoms with Crippen LogP contribution in [-0.2, 0) is 20.3 Å². The first kappa shape index (κ1) is 11.2. The third-order valence-corrected chi connectivity index (χ3v) is 4.39. The Morgan fingerprint density at radius 2 is 2.33 bits per heavy atom. The molecule has 2 aliphatic rings. The zero-order chi connectivity index (χ0) is 11.1. The molecule has 0 radical (unpaired) electrons. The molecule has 15 heavy (non-hydrogen) atoms. The van der Waals surface area contributed by atoms with Crippen LogP contribution in [0.3, 0.4) is 0 Å². The van der Waals surface area contributed by atoms with Crippen LogP contribution >= 0.6 is 0 Å². The van der Waals surface area contributed by atoms with E-state index in [2.05, 4.69) is 6.58 Å². The summed E-state index contributed by atoms with van der Waals surface area (Å²) in [5.41, 5.74) is 0. The molecule has 0 aromatic rings. The van der Waals surface area contributed by atoms with E-state index in [1.807, 2.05) is 0 Å². The fourth-order valence-electron chi connectivity index (χ4n) is 1.92. The van der Waals surface area contributed by atoms with Gasteiger partial charge in [-0.3, -0.25) is 4.21 Å². The van der Waals surface area contributed by atoms with Crippen molar-refractivity contribution in [1.29, 1.82) is 0 Å². The molecule has 0 aromatic carbocycles. The Hall–Kier alpha value is -0.270. The molecule has 0 amide bonds. The Bertz CT molecular complexity index is 294. The molecule has 0 spiro atoms. The predicted molar refractivity (Wildman–Crippen MR) is 53.6 cm³/mol. The maximum absolute atomic E-state index is 11.8. The molecule has 2 fully saturated rings. The van der Waals surface area contributed by atoms with Crippen LogP contribution in [0.4, 0.5) is 0 Å². The largest absolute Gasteiger partial charge is 0.388 e. The Labute approximate surface area is 90.1 Å². The lowest BCUT2D eigenvalue weighted by Crippen LogP contribution is -2.48. The van der Waals surface area contributed by atoms with Crippen LogP contribution in [0.25, 0.3) is 0 Å². The van der Waals surface area contributed by atoms with Gasteiger partial charge in [0.2, 0.25) is 0 Å². The van der Waals surface area contributed by atoms with Crippen molar-refractivity contribution in [3.63, 3.8) is 0 Å². The zero-order valence-corrected chi connectivity index (χ0v) is 8.98. The standard InChI is InChI=1S/C9H14O5S/c1-2-3-15(12)9(11)5-14-7-6(10)4-13-8(7)9/h2,6-8,10-11H,1,3-5H2/t6-,7-,8+,9-,15-/m1/s1. The van der Waals surface area contributed by atoms with Gasteiger partial charge in [0, 0.05) is 5.75 Å². The molecule has 0 aliphatic carbocycles. The second-order valence-electron chi connectivity index (χ2n) is 3.74. The summed E-state index contributed by atoms with van der Waals surface area (Å²) in [6.07, 6.45) is -0.533. The van der Waals surface area contributed by atoms with E-state index in [1.165, 1.54) is 6.08 Å². The van der Waals surface area contributed by atoms with Crippen LogP contribution in [0, 0.1) is 0 Å². The van der Waals surface area contributed by atoms with Crippen LogP contribution in [-0.4, -0.2) is 56.6 Å². The highest BCUT2D eigenvalue weighted by Gasteiger charge is 2.58. The van der Waals surface area contributed by atoms with E-state index in [1.54, 1.807) is 0 Å². The zero-order valence-electron chi connectivity index (χ0n) is 8.17. The van der Waals surface area contributed by atoms with Gasteiger partial charge in [-0.1, -0.05) is 6.08 Å². The maximum atomic E-state index is 11.8. The van der Waals surface area contributed by atoms with Crippen molar-refractivity contribution in [3.05, 3.63) is 12.7 Å². The van der Waals surface area contributed by atoms with Crippen molar-refractivity contribution in [2.45, 2.75) is 23.2 Å². The minimum Gasteiger partial charge on any atom is -0.388 e. The van der Waals surface area contributed by atoms with E-state index in [0.29, 0.717) is 0 Å². The van der Waals surface area contributed by atoms with Crippen molar-refractivity contribution in [1.82, 2.24) is 0 Å². The van der Waals surface area contributed by atoms with Crippen LogP contribution < -0.4 is 0 Å². The lowest BCUT2D eigenvalue weighted by Gasteiger charge is -2.25. The number of aliphatic hydroxyl groups is 2. The summed E-state index contributed by atoms with van der Waals surface area (Å²) in [7, 11) is -1.51. The topological polar surface area (TPSA) is 76.0 Å². The highest BCUT2D eigenvalue weighted by atomic mass is 32.2. The van der Waals surface area contributed by atoms with Gasteiger partial charge in [0.1, 0.15) is 18.3 Å². The van der Waals surface area contributed by atoms with E-state index in [0.717, 1.165) is 0 Å². The van der Waals surface area contributed by atoms with Crippen molar-refractivity contribution in [2.75, 3.05) is 19.0 Å². The number of rotatable bonds is 3. The number of ether oxygens (including phenoxy) is 2. The fourth-order valence-corrected chi connectivity index (χ4v) is 3.09. The highest BCUT2D eigenvalue weighted by molar-refractivity contribution is 7.86. The van der Waals surface area contributed by atoms with Crippen molar-refractivity contribution >= 4 is 10.8 Å². The van der Waals surface area contributed by atoms with Gasteiger partial charge < -0.3 is 19.7 Å². The summed E-state index contributed by atoms with van der Waals surface area (Å²) >= 11 is 0. The quantitative estimate of drug-likeness (QED) is 0.598. The average molecular weight is 234 g/mol. The molecule has 0 aromatic heterocycles. The van der Waals surface area contributed by atoms with Gasteiger partial charge in [-0.2, -0.15) is 0 Å². The monoisotopic (exact) mass is 234 g/mol. The van der Waals surface area contributed by atoms with E-state index >= 15 is 0 Å². The number of hydrogen-bond donors (Lipinski definition) is 2. The summed E-state index contributed by atoms with van der Waals surface area (Å²) in [6.45, 7) is 3.51. The molecule has 2 saturated heterocycles. The Morgan fingerprint density at radius 1 is 1.60 bits per heavy atom. The third-order valence-electron chi connectivity index (χ3n) is 2.71. The molecule has 5 atom stereocenters.